The van der Waals surface area contributed by atoms with Gasteiger partial charge in [-0.2, -0.15) is 0 Å². The molecule has 0 amide bonds. The molecule has 2 heterocycles. The van der Waals surface area contributed by atoms with E-state index in [1.807, 2.05) is 0 Å². The number of carbonyl (C=O) groups is 4. The Hall–Kier alpha value is -2.66. The molecule has 0 radical (unpaired) electrons. The first kappa shape index (κ1) is 22.6. The maximum atomic E-state index is 12.0. The van der Waals surface area contributed by atoms with Gasteiger partial charge in [-0.3, -0.25) is 19.7 Å². The molecule has 6 atom stereocenters. The summed E-state index contributed by atoms with van der Waals surface area (Å²) in [6.07, 6.45) is -2.92. The molecule has 0 aromatic carbocycles. The number of hydrogen-bond donors (Lipinski definition) is 1. The van der Waals surface area contributed by atoms with Gasteiger partial charge in [0.15, 0.2) is 18.3 Å². The average Bonchev–Trinajstić information content (AvgIpc) is 3.01. The van der Waals surface area contributed by atoms with Crippen molar-refractivity contribution < 1.29 is 47.6 Å². The van der Waals surface area contributed by atoms with Gasteiger partial charge in [-0.05, 0) is 13.0 Å². The molecule has 11 nitrogen and oxygen atoms in total. The fourth-order valence-corrected chi connectivity index (χ4v) is 3.20. The van der Waals surface area contributed by atoms with Crippen LogP contribution in [0.2, 0.25) is 0 Å². The number of rotatable bonds is 7. The van der Waals surface area contributed by atoms with Crippen LogP contribution in [0.15, 0.2) is 11.8 Å². The highest BCUT2D eigenvalue weighted by Crippen LogP contribution is 2.31. The van der Waals surface area contributed by atoms with Crippen molar-refractivity contribution in [2.45, 2.75) is 64.4 Å². The second-order valence-electron chi connectivity index (χ2n) is 6.56. The minimum absolute atomic E-state index is 0.138. The van der Waals surface area contributed by atoms with Crippen LogP contribution in [0.3, 0.4) is 0 Å². The average molecular weight is 415 g/mol. The highest BCUT2D eigenvalue weighted by atomic mass is 16.6. The third-order valence-electron chi connectivity index (χ3n) is 4.22. The summed E-state index contributed by atoms with van der Waals surface area (Å²) < 4.78 is 31.8. The molecule has 2 rings (SSSR count). The first-order chi connectivity index (χ1) is 13.6. The fraction of sp³-hybridized carbons (Fsp3) is 0.667. The topological polar surface area (TPSA) is 136 Å². The van der Waals surface area contributed by atoms with Crippen molar-refractivity contribution >= 4 is 23.9 Å². The second-order valence-corrected chi connectivity index (χ2v) is 6.56. The monoisotopic (exact) mass is 415 g/mol. The number of hydrogen-bond acceptors (Lipinski definition) is 11. The second kappa shape index (κ2) is 9.70. The first-order valence-electron chi connectivity index (χ1n) is 8.98. The summed E-state index contributed by atoms with van der Waals surface area (Å²) in [5, 5.41) is 3.13. The van der Waals surface area contributed by atoms with E-state index >= 15 is 0 Å². The predicted molar refractivity (Wildman–Crippen MR) is 94.0 cm³/mol. The molecule has 2 aliphatic rings. The summed E-state index contributed by atoms with van der Waals surface area (Å²) in [5.74, 6) is -2.86. The summed E-state index contributed by atoms with van der Waals surface area (Å²) in [5.41, 5.74) is 0. The van der Waals surface area contributed by atoms with Crippen molar-refractivity contribution in [1.82, 2.24) is 5.32 Å². The Bertz CT molecular complexity index is 690. The molecule has 1 unspecified atom stereocenters. The lowest BCUT2D eigenvalue weighted by atomic mass is 9.94. The van der Waals surface area contributed by atoms with E-state index in [2.05, 4.69) is 5.32 Å². The van der Waals surface area contributed by atoms with E-state index < -0.39 is 54.3 Å². The molecule has 1 fully saturated rings. The standard InChI is InChI=1S/C18H25NO10/c1-8-19-15-12(26-8)6-13(18(23)24-5)29-17(15)16(28-11(4)22)14(27-10(3)21)7-25-9(2)20/h6,8,12,14-17,19H,7H2,1-5H3/t8?,12-,14-,15-,16-,17-/m1/s1. The van der Waals surface area contributed by atoms with Gasteiger partial charge in [0.2, 0.25) is 5.76 Å². The Morgan fingerprint density at radius 3 is 2.31 bits per heavy atom. The van der Waals surface area contributed by atoms with Crippen molar-refractivity contribution in [3.63, 3.8) is 0 Å². The summed E-state index contributed by atoms with van der Waals surface area (Å²) in [7, 11) is 1.19. The molecule has 0 spiro atoms. The van der Waals surface area contributed by atoms with Crippen LogP contribution in [0.5, 0.6) is 0 Å². The van der Waals surface area contributed by atoms with Crippen LogP contribution in [0.4, 0.5) is 0 Å². The SMILES string of the molecule is COC(=O)C1=C[C@H]2OC(C)N[C@H]2[C@H]([C@H](OC(C)=O)[C@@H](COC(C)=O)OC(C)=O)O1. The molecule has 0 bridgehead atoms. The number of carbonyl (C=O) groups excluding carboxylic acids is 4. The van der Waals surface area contributed by atoms with Crippen LogP contribution in [-0.2, 0) is 47.6 Å². The molecule has 162 valence electrons. The number of fused-ring (bicyclic) bond motifs is 1. The van der Waals surface area contributed by atoms with Crippen LogP contribution in [0.25, 0.3) is 0 Å². The number of nitrogens with one attached hydrogen (secondary N) is 1. The van der Waals surface area contributed by atoms with E-state index in [1.165, 1.54) is 27.0 Å². The normalized spacial score (nSPS) is 27.4. The minimum atomic E-state index is -1.21. The first-order valence-corrected chi connectivity index (χ1v) is 8.98. The molecular formula is C18H25NO10. The molecule has 1 saturated heterocycles. The zero-order valence-corrected chi connectivity index (χ0v) is 16.8. The van der Waals surface area contributed by atoms with Crippen molar-refractivity contribution in [3.05, 3.63) is 11.8 Å². The summed E-state index contributed by atoms with van der Waals surface area (Å²) >= 11 is 0. The van der Waals surface area contributed by atoms with E-state index in [1.54, 1.807) is 6.92 Å². The van der Waals surface area contributed by atoms with Gasteiger partial charge in [-0.1, -0.05) is 0 Å². The third kappa shape index (κ3) is 5.91. The van der Waals surface area contributed by atoms with Crippen molar-refractivity contribution in [1.29, 1.82) is 0 Å². The fourth-order valence-electron chi connectivity index (χ4n) is 3.20. The van der Waals surface area contributed by atoms with Gasteiger partial charge in [0.25, 0.3) is 0 Å². The summed E-state index contributed by atoms with van der Waals surface area (Å²) in [6.45, 7) is 4.89. The molecule has 29 heavy (non-hydrogen) atoms. The minimum Gasteiger partial charge on any atom is -0.477 e. The van der Waals surface area contributed by atoms with Crippen molar-refractivity contribution in [3.8, 4) is 0 Å². The molecule has 11 heteroatoms. The van der Waals surface area contributed by atoms with E-state index in [0.29, 0.717) is 0 Å². The van der Waals surface area contributed by atoms with Crippen LogP contribution in [-0.4, -0.2) is 74.3 Å². The van der Waals surface area contributed by atoms with Gasteiger partial charge in [-0.25, -0.2) is 4.79 Å². The smallest absolute Gasteiger partial charge is 0.373 e. The zero-order chi connectivity index (χ0) is 21.7. The molecule has 0 saturated carbocycles. The summed E-state index contributed by atoms with van der Waals surface area (Å²) in [4.78, 5) is 46.7. The zero-order valence-electron chi connectivity index (χ0n) is 16.8. The number of methoxy groups -OCH3 is 1. The molecule has 1 N–H and O–H groups in total. The lowest BCUT2D eigenvalue weighted by Crippen LogP contribution is -2.58. The van der Waals surface area contributed by atoms with E-state index in [9.17, 15) is 19.2 Å². The van der Waals surface area contributed by atoms with Gasteiger partial charge in [0, 0.05) is 20.8 Å². The maximum Gasteiger partial charge on any atom is 0.373 e. The molecule has 2 aliphatic heterocycles. The van der Waals surface area contributed by atoms with Crippen LogP contribution >= 0.6 is 0 Å². The van der Waals surface area contributed by atoms with Crippen LogP contribution < -0.4 is 5.32 Å². The lowest BCUT2D eigenvalue weighted by Gasteiger charge is -2.38. The maximum absolute atomic E-state index is 12.0. The quantitative estimate of drug-likeness (QED) is 0.428. The Morgan fingerprint density at radius 1 is 1.10 bits per heavy atom. The summed E-state index contributed by atoms with van der Waals surface area (Å²) in [6, 6.07) is -0.543. The Morgan fingerprint density at radius 2 is 1.76 bits per heavy atom. The van der Waals surface area contributed by atoms with Gasteiger partial charge < -0.3 is 28.4 Å². The largest absolute Gasteiger partial charge is 0.477 e. The molecule has 0 aromatic rings. The van der Waals surface area contributed by atoms with E-state index in [-0.39, 0.29) is 18.6 Å². The van der Waals surface area contributed by atoms with E-state index in [4.69, 9.17) is 28.4 Å². The Labute approximate surface area is 167 Å². The van der Waals surface area contributed by atoms with Gasteiger partial charge in [0.05, 0.1) is 13.2 Å². The van der Waals surface area contributed by atoms with E-state index in [0.717, 1.165) is 6.92 Å². The Kier molecular flexibility index (Phi) is 7.57. The Balaban J connectivity index is 2.39. The van der Waals surface area contributed by atoms with Crippen molar-refractivity contribution in [2.75, 3.05) is 13.7 Å². The van der Waals surface area contributed by atoms with Crippen LogP contribution in [0, 0.1) is 0 Å². The number of esters is 4. The van der Waals surface area contributed by atoms with Gasteiger partial charge in [-0.15, -0.1) is 0 Å². The highest BCUT2D eigenvalue weighted by molar-refractivity contribution is 5.86. The molecular weight excluding hydrogens is 390 g/mol. The third-order valence-corrected chi connectivity index (χ3v) is 4.22. The predicted octanol–water partition coefficient (Wildman–Crippen LogP) is -0.428. The lowest BCUT2D eigenvalue weighted by molar-refractivity contribution is -0.188. The van der Waals surface area contributed by atoms with Gasteiger partial charge in [0.1, 0.15) is 18.9 Å². The number of ether oxygens (including phenoxy) is 6. The van der Waals surface area contributed by atoms with Gasteiger partial charge >= 0.3 is 23.9 Å². The highest BCUT2D eigenvalue weighted by Gasteiger charge is 2.50. The van der Waals surface area contributed by atoms with Crippen LogP contribution in [0.1, 0.15) is 27.7 Å². The van der Waals surface area contributed by atoms with Crippen molar-refractivity contribution in [2.24, 2.45) is 0 Å². The molecule has 0 aliphatic carbocycles. The molecule has 0 aromatic heterocycles.